The predicted octanol–water partition coefficient (Wildman–Crippen LogP) is 2.60. The van der Waals surface area contributed by atoms with Gasteiger partial charge in [-0.3, -0.25) is 4.79 Å². The Morgan fingerprint density at radius 2 is 1.79 bits per heavy atom. The first-order valence-electron chi connectivity index (χ1n) is 8.04. The number of phenols is 1. The number of carbonyl (C=O) groups excluding carboxylic acids is 1. The Balaban J connectivity index is 2.13. The van der Waals surface area contributed by atoms with Crippen LogP contribution in [0, 0.1) is 0 Å². The summed E-state index contributed by atoms with van der Waals surface area (Å²) >= 11 is 0. The predicted molar refractivity (Wildman–Crippen MR) is 94.6 cm³/mol. The molecule has 0 unspecified atom stereocenters. The van der Waals surface area contributed by atoms with Crippen molar-refractivity contribution in [3.63, 3.8) is 0 Å². The number of hydrogen-bond acceptors (Lipinski definition) is 4. The largest absolute Gasteiger partial charge is 0.506 e. The van der Waals surface area contributed by atoms with Gasteiger partial charge in [0.25, 0.3) is 5.91 Å². The molecule has 2 aromatic carbocycles. The van der Waals surface area contributed by atoms with Gasteiger partial charge in [0.2, 0.25) is 0 Å². The second-order valence-corrected chi connectivity index (χ2v) is 6.05. The summed E-state index contributed by atoms with van der Waals surface area (Å²) in [6.07, 6.45) is 0. The molecule has 1 saturated heterocycles. The second-order valence-electron chi connectivity index (χ2n) is 6.05. The molecule has 0 bridgehead atoms. The van der Waals surface area contributed by atoms with E-state index in [1.165, 1.54) is 4.90 Å². The van der Waals surface area contributed by atoms with Crippen molar-refractivity contribution >= 4 is 11.6 Å². The van der Waals surface area contributed by atoms with Gasteiger partial charge in [-0.05, 0) is 17.7 Å². The van der Waals surface area contributed by atoms with Crippen molar-refractivity contribution in [3.05, 3.63) is 48.0 Å². The Bertz CT molecular complexity index is 723. The molecule has 24 heavy (non-hydrogen) atoms. The average Bonchev–Trinajstić information content (AvgIpc) is 2.62. The van der Waals surface area contributed by atoms with E-state index in [1.54, 1.807) is 20.2 Å². The van der Waals surface area contributed by atoms with Crippen molar-refractivity contribution in [3.8, 4) is 16.9 Å². The topological polar surface area (TPSA) is 53.0 Å². The lowest BCUT2D eigenvalue weighted by Crippen LogP contribution is -2.36. The highest BCUT2D eigenvalue weighted by Gasteiger charge is 2.21. The highest BCUT2D eigenvalue weighted by Crippen LogP contribution is 2.37. The van der Waals surface area contributed by atoms with Gasteiger partial charge in [0.05, 0.1) is 18.8 Å². The molecule has 1 aliphatic rings. The van der Waals surface area contributed by atoms with Crippen LogP contribution >= 0.6 is 0 Å². The standard InChI is InChI=1S/C19H22N2O3/c1-20(2)19(23)17-13-15(21-8-10-24-11-9-21)12-16(18(17)22)14-6-4-3-5-7-14/h3-7,12-13,22H,8-11H2,1-2H3. The maximum atomic E-state index is 12.5. The molecule has 5 nitrogen and oxygen atoms in total. The Labute approximate surface area is 142 Å². The molecular weight excluding hydrogens is 304 g/mol. The summed E-state index contributed by atoms with van der Waals surface area (Å²) in [5.41, 5.74) is 2.81. The summed E-state index contributed by atoms with van der Waals surface area (Å²) in [7, 11) is 3.37. The van der Waals surface area contributed by atoms with Crippen LogP contribution < -0.4 is 4.90 Å². The number of anilines is 1. The minimum Gasteiger partial charge on any atom is -0.506 e. The third-order valence-corrected chi connectivity index (χ3v) is 4.19. The highest BCUT2D eigenvalue weighted by molar-refractivity contribution is 6.00. The maximum absolute atomic E-state index is 12.5. The van der Waals surface area contributed by atoms with Crippen LogP contribution in [0.25, 0.3) is 11.1 Å². The molecule has 1 heterocycles. The van der Waals surface area contributed by atoms with Crippen LogP contribution in [0.4, 0.5) is 5.69 Å². The Morgan fingerprint density at radius 3 is 2.42 bits per heavy atom. The van der Waals surface area contributed by atoms with E-state index in [2.05, 4.69) is 4.90 Å². The molecule has 0 radical (unpaired) electrons. The van der Waals surface area contributed by atoms with Crippen molar-refractivity contribution in [1.29, 1.82) is 0 Å². The van der Waals surface area contributed by atoms with Crippen LogP contribution in [-0.4, -0.2) is 56.3 Å². The van der Waals surface area contributed by atoms with Gasteiger partial charge < -0.3 is 19.6 Å². The van der Waals surface area contributed by atoms with Gasteiger partial charge in [0, 0.05) is 38.4 Å². The summed E-state index contributed by atoms with van der Waals surface area (Å²) in [6.45, 7) is 2.88. The molecule has 2 aromatic rings. The summed E-state index contributed by atoms with van der Waals surface area (Å²) in [5, 5.41) is 10.7. The second kappa shape index (κ2) is 6.93. The van der Waals surface area contributed by atoms with Crippen LogP contribution in [0.1, 0.15) is 10.4 Å². The number of carbonyl (C=O) groups is 1. The first-order valence-corrected chi connectivity index (χ1v) is 8.04. The van der Waals surface area contributed by atoms with E-state index < -0.39 is 0 Å². The van der Waals surface area contributed by atoms with Crippen LogP contribution in [0.15, 0.2) is 42.5 Å². The Kier molecular flexibility index (Phi) is 4.71. The molecule has 1 fully saturated rings. The van der Waals surface area contributed by atoms with Gasteiger partial charge in [-0.1, -0.05) is 30.3 Å². The zero-order valence-corrected chi connectivity index (χ0v) is 14.0. The van der Waals surface area contributed by atoms with Gasteiger partial charge >= 0.3 is 0 Å². The number of morpholine rings is 1. The van der Waals surface area contributed by atoms with E-state index >= 15 is 0 Å². The zero-order valence-electron chi connectivity index (χ0n) is 14.0. The van der Waals surface area contributed by atoms with Crippen LogP contribution in [0.2, 0.25) is 0 Å². The number of phenolic OH excluding ortho intramolecular Hbond substituents is 1. The number of amides is 1. The van der Waals surface area contributed by atoms with Crippen molar-refractivity contribution in [2.45, 2.75) is 0 Å². The van der Waals surface area contributed by atoms with E-state index in [-0.39, 0.29) is 11.7 Å². The minimum absolute atomic E-state index is 0.0249. The molecule has 0 aromatic heterocycles. The van der Waals surface area contributed by atoms with Crippen molar-refractivity contribution < 1.29 is 14.6 Å². The van der Waals surface area contributed by atoms with Gasteiger partial charge in [0.15, 0.2) is 0 Å². The molecule has 1 amide bonds. The lowest BCUT2D eigenvalue weighted by Gasteiger charge is -2.30. The molecule has 1 aliphatic heterocycles. The zero-order chi connectivity index (χ0) is 17.1. The summed E-state index contributed by atoms with van der Waals surface area (Å²) in [6, 6.07) is 13.4. The van der Waals surface area contributed by atoms with E-state index in [0.29, 0.717) is 24.3 Å². The lowest BCUT2D eigenvalue weighted by atomic mass is 9.99. The smallest absolute Gasteiger partial charge is 0.257 e. The number of rotatable bonds is 3. The van der Waals surface area contributed by atoms with Crippen molar-refractivity contribution in [1.82, 2.24) is 4.90 Å². The number of nitrogens with zero attached hydrogens (tertiary/aromatic N) is 2. The van der Waals surface area contributed by atoms with E-state index in [4.69, 9.17) is 4.74 Å². The monoisotopic (exact) mass is 326 g/mol. The summed E-state index contributed by atoms with van der Waals surface area (Å²) in [5.74, 6) is -0.184. The quantitative estimate of drug-likeness (QED) is 0.942. The minimum atomic E-state index is -0.209. The van der Waals surface area contributed by atoms with Gasteiger partial charge in [-0.25, -0.2) is 0 Å². The molecule has 5 heteroatoms. The highest BCUT2D eigenvalue weighted by atomic mass is 16.5. The van der Waals surface area contributed by atoms with Crippen LogP contribution in [0.5, 0.6) is 5.75 Å². The molecule has 0 saturated carbocycles. The number of hydrogen-bond donors (Lipinski definition) is 1. The molecule has 0 atom stereocenters. The number of ether oxygens (including phenoxy) is 1. The molecule has 0 aliphatic carbocycles. The van der Waals surface area contributed by atoms with E-state index in [9.17, 15) is 9.90 Å². The number of aromatic hydroxyl groups is 1. The average molecular weight is 326 g/mol. The maximum Gasteiger partial charge on any atom is 0.257 e. The third-order valence-electron chi connectivity index (χ3n) is 4.19. The summed E-state index contributed by atoms with van der Waals surface area (Å²) in [4.78, 5) is 16.2. The van der Waals surface area contributed by atoms with E-state index in [1.807, 2.05) is 36.4 Å². The lowest BCUT2D eigenvalue weighted by molar-refractivity contribution is 0.0824. The normalized spacial score (nSPS) is 14.5. The van der Waals surface area contributed by atoms with E-state index in [0.717, 1.165) is 24.3 Å². The van der Waals surface area contributed by atoms with Gasteiger partial charge in [-0.15, -0.1) is 0 Å². The fraction of sp³-hybridized carbons (Fsp3) is 0.316. The van der Waals surface area contributed by atoms with Crippen molar-refractivity contribution in [2.75, 3.05) is 45.3 Å². The fourth-order valence-corrected chi connectivity index (χ4v) is 2.87. The summed E-state index contributed by atoms with van der Waals surface area (Å²) < 4.78 is 5.41. The Hall–Kier alpha value is -2.53. The van der Waals surface area contributed by atoms with Gasteiger partial charge in [0.1, 0.15) is 5.75 Å². The fourth-order valence-electron chi connectivity index (χ4n) is 2.87. The Morgan fingerprint density at radius 1 is 1.12 bits per heavy atom. The van der Waals surface area contributed by atoms with Crippen LogP contribution in [-0.2, 0) is 4.74 Å². The SMILES string of the molecule is CN(C)C(=O)c1cc(N2CCOCC2)cc(-c2ccccc2)c1O. The molecule has 3 rings (SSSR count). The molecular formula is C19H22N2O3. The third kappa shape index (κ3) is 3.21. The number of benzene rings is 2. The van der Waals surface area contributed by atoms with Crippen molar-refractivity contribution in [2.24, 2.45) is 0 Å². The first-order chi connectivity index (χ1) is 11.6. The van der Waals surface area contributed by atoms with Gasteiger partial charge in [-0.2, -0.15) is 0 Å². The molecule has 1 N–H and O–H groups in total. The first kappa shape index (κ1) is 16.3. The van der Waals surface area contributed by atoms with Crippen LogP contribution in [0.3, 0.4) is 0 Å². The molecule has 0 spiro atoms. The molecule has 126 valence electrons.